The molecule has 2 rings (SSSR count). The molecule has 1 aliphatic rings. The zero-order chi connectivity index (χ0) is 7.84. The number of aromatic amines is 1. The van der Waals surface area contributed by atoms with Crippen molar-refractivity contribution in [1.82, 2.24) is 10.2 Å². The summed E-state index contributed by atoms with van der Waals surface area (Å²) in [5, 5.41) is 7.24. The van der Waals surface area contributed by atoms with Gasteiger partial charge in [0.15, 0.2) is 0 Å². The third kappa shape index (κ3) is 0.878. The molecule has 3 heteroatoms. The number of hydrogen-bond acceptors (Lipinski definition) is 2. The number of H-pyrrole nitrogens is 1. The van der Waals surface area contributed by atoms with Crippen LogP contribution in [0, 0.1) is 0 Å². The summed E-state index contributed by atoms with van der Waals surface area (Å²) < 4.78 is 0. The fourth-order valence-corrected chi connectivity index (χ4v) is 1.77. The van der Waals surface area contributed by atoms with Crippen molar-refractivity contribution in [2.75, 3.05) is 0 Å². The van der Waals surface area contributed by atoms with E-state index in [0.717, 1.165) is 25.0 Å². The van der Waals surface area contributed by atoms with Crippen LogP contribution < -0.4 is 5.73 Å². The van der Waals surface area contributed by atoms with Crippen molar-refractivity contribution in [2.45, 2.75) is 32.2 Å². The normalized spacial score (nSPS) is 22.2. The van der Waals surface area contributed by atoms with E-state index in [0.29, 0.717) is 0 Å². The molecule has 1 heterocycles. The molecule has 0 aromatic carbocycles. The van der Waals surface area contributed by atoms with E-state index in [4.69, 9.17) is 5.73 Å². The van der Waals surface area contributed by atoms with Gasteiger partial charge in [-0.15, -0.1) is 0 Å². The molecule has 0 fully saturated rings. The molecule has 11 heavy (non-hydrogen) atoms. The van der Waals surface area contributed by atoms with Crippen LogP contribution in [0.2, 0.25) is 0 Å². The average molecular weight is 151 g/mol. The predicted octanol–water partition coefficient (Wildman–Crippen LogP) is 0.918. The molecule has 0 aliphatic heterocycles. The minimum atomic E-state index is 0.235. The van der Waals surface area contributed by atoms with Gasteiger partial charge < -0.3 is 5.73 Å². The fourth-order valence-electron chi connectivity index (χ4n) is 1.77. The van der Waals surface area contributed by atoms with E-state index in [1.165, 1.54) is 11.3 Å². The second-order valence-electron chi connectivity index (χ2n) is 3.06. The first kappa shape index (κ1) is 6.85. The molecular formula is C8H13N3. The van der Waals surface area contributed by atoms with Crippen LogP contribution in [0.25, 0.3) is 0 Å². The van der Waals surface area contributed by atoms with E-state index in [-0.39, 0.29) is 6.04 Å². The van der Waals surface area contributed by atoms with Crippen molar-refractivity contribution in [3.63, 3.8) is 0 Å². The Hall–Kier alpha value is -0.830. The lowest BCUT2D eigenvalue weighted by Crippen LogP contribution is -2.07. The average Bonchev–Trinajstić information content (AvgIpc) is 2.54. The van der Waals surface area contributed by atoms with Crippen LogP contribution in [-0.4, -0.2) is 10.2 Å². The SMILES string of the molecule is CCc1n[nH]c2c1C(N)CC2. The molecule has 60 valence electrons. The summed E-state index contributed by atoms with van der Waals surface area (Å²) >= 11 is 0. The Morgan fingerprint density at radius 1 is 1.73 bits per heavy atom. The van der Waals surface area contributed by atoms with Crippen molar-refractivity contribution in [3.05, 3.63) is 17.0 Å². The Balaban J connectivity index is 2.46. The number of nitrogens with one attached hydrogen (secondary N) is 1. The van der Waals surface area contributed by atoms with Crippen LogP contribution in [0.15, 0.2) is 0 Å². The Kier molecular flexibility index (Phi) is 1.46. The lowest BCUT2D eigenvalue weighted by molar-refractivity contribution is 0.693. The summed E-state index contributed by atoms with van der Waals surface area (Å²) in [5.74, 6) is 0. The van der Waals surface area contributed by atoms with Gasteiger partial charge in [-0.25, -0.2) is 0 Å². The zero-order valence-corrected chi connectivity index (χ0v) is 6.72. The fraction of sp³-hybridized carbons (Fsp3) is 0.625. The van der Waals surface area contributed by atoms with Gasteiger partial charge >= 0.3 is 0 Å². The van der Waals surface area contributed by atoms with Crippen LogP contribution in [0.5, 0.6) is 0 Å². The maximum Gasteiger partial charge on any atom is 0.0670 e. The van der Waals surface area contributed by atoms with Crippen LogP contribution >= 0.6 is 0 Å². The highest BCUT2D eigenvalue weighted by Gasteiger charge is 2.24. The summed E-state index contributed by atoms with van der Waals surface area (Å²) in [5.41, 5.74) is 9.61. The van der Waals surface area contributed by atoms with Gasteiger partial charge in [0.1, 0.15) is 0 Å². The highest BCUT2D eigenvalue weighted by atomic mass is 15.1. The topological polar surface area (TPSA) is 54.7 Å². The maximum absolute atomic E-state index is 5.91. The zero-order valence-electron chi connectivity index (χ0n) is 6.72. The first-order chi connectivity index (χ1) is 5.33. The number of rotatable bonds is 1. The van der Waals surface area contributed by atoms with Crippen molar-refractivity contribution >= 4 is 0 Å². The lowest BCUT2D eigenvalue weighted by Gasteiger charge is -2.01. The third-order valence-electron chi connectivity index (χ3n) is 2.37. The molecule has 1 aliphatic carbocycles. The standard InChI is InChI=1S/C8H13N3/c1-2-6-8-5(9)3-4-7(8)11-10-6/h5H,2-4,9H2,1H3,(H,10,11). The number of nitrogens with zero attached hydrogens (tertiary/aromatic N) is 1. The molecular weight excluding hydrogens is 138 g/mol. The number of nitrogens with two attached hydrogens (primary N) is 1. The molecule has 3 N–H and O–H groups in total. The Labute approximate surface area is 66.0 Å². The first-order valence-electron chi connectivity index (χ1n) is 4.14. The van der Waals surface area contributed by atoms with Crippen LogP contribution in [-0.2, 0) is 12.8 Å². The minimum Gasteiger partial charge on any atom is -0.324 e. The van der Waals surface area contributed by atoms with Gasteiger partial charge in [-0.3, -0.25) is 5.10 Å². The molecule has 0 bridgehead atoms. The van der Waals surface area contributed by atoms with E-state index in [9.17, 15) is 0 Å². The molecule has 1 unspecified atom stereocenters. The van der Waals surface area contributed by atoms with Gasteiger partial charge in [-0.2, -0.15) is 5.10 Å². The first-order valence-corrected chi connectivity index (χ1v) is 4.14. The van der Waals surface area contributed by atoms with Gasteiger partial charge in [0, 0.05) is 17.3 Å². The van der Waals surface area contributed by atoms with E-state index < -0.39 is 0 Å². The molecule has 0 spiro atoms. The molecule has 0 saturated heterocycles. The predicted molar refractivity (Wildman–Crippen MR) is 43.2 cm³/mol. The summed E-state index contributed by atoms with van der Waals surface area (Å²) in [6, 6.07) is 0.235. The quantitative estimate of drug-likeness (QED) is 0.627. The van der Waals surface area contributed by atoms with Crippen molar-refractivity contribution in [3.8, 4) is 0 Å². The van der Waals surface area contributed by atoms with Gasteiger partial charge in [0.05, 0.1) is 5.69 Å². The molecule has 1 atom stereocenters. The highest BCUT2D eigenvalue weighted by Crippen LogP contribution is 2.30. The van der Waals surface area contributed by atoms with Crippen molar-refractivity contribution in [2.24, 2.45) is 5.73 Å². The van der Waals surface area contributed by atoms with Gasteiger partial charge in [-0.05, 0) is 19.3 Å². The monoisotopic (exact) mass is 151 g/mol. The number of hydrogen-bond donors (Lipinski definition) is 2. The number of fused-ring (bicyclic) bond motifs is 1. The molecule has 0 amide bonds. The van der Waals surface area contributed by atoms with Gasteiger partial charge in [0.25, 0.3) is 0 Å². The summed E-state index contributed by atoms with van der Waals surface area (Å²) in [6.45, 7) is 2.11. The third-order valence-corrected chi connectivity index (χ3v) is 2.37. The van der Waals surface area contributed by atoms with Gasteiger partial charge in [0.2, 0.25) is 0 Å². The largest absolute Gasteiger partial charge is 0.324 e. The Bertz CT molecular complexity index is 264. The number of aromatic nitrogens is 2. The Morgan fingerprint density at radius 3 is 3.27 bits per heavy atom. The minimum absolute atomic E-state index is 0.235. The van der Waals surface area contributed by atoms with E-state index in [1.807, 2.05) is 0 Å². The lowest BCUT2D eigenvalue weighted by atomic mass is 10.1. The van der Waals surface area contributed by atoms with Crippen LogP contribution in [0.4, 0.5) is 0 Å². The summed E-state index contributed by atoms with van der Waals surface area (Å²) in [6.07, 6.45) is 3.14. The van der Waals surface area contributed by atoms with Crippen molar-refractivity contribution in [1.29, 1.82) is 0 Å². The maximum atomic E-state index is 5.91. The molecule has 1 aromatic heterocycles. The van der Waals surface area contributed by atoms with Crippen molar-refractivity contribution < 1.29 is 0 Å². The highest BCUT2D eigenvalue weighted by molar-refractivity contribution is 5.32. The molecule has 0 radical (unpaired) electrons. The smallest absolute Gasteiger partial charge is 0.0670 e. The second-order valence-corrected chi connectivity index (χ2v) is 3.06. The second kappa shape index (κ2) is 2.34. The van der Waals surface area contributed by atoms with E-state index >= 15 is 0 Å². The molecule has 1 aromatic rings. The molecule has 0 saturated carbocycles. The van der Waals surface area contributed by atoms with E-state index in [1.54, 1.807) is 0 Å². The number of aryl methyl sites for hydroxylation is 2. The Morgan fingerprint density at radius 2 is 2.55 bits per heavy atom. The summed E-state index contributed by atoms with van der Waals surface area (Å²) in [7, 11) is 0. The summed E-state index contributed by atoms with van der Waals surface area (Å²) in [4.78, 5) is 0. The van der Waals surface area contributed by atoms with Gasteiger partial charge in [-0.1, -0.05) is 6.92 Å². The van der Waals surface area contributed by atoms with Crippen LogP contribution in [0.3, 0.4) is 0 Å². The van der Waals surface area contributed by atoms with Crippen LogP contribution in [0.1, 0.15) is 36.3 Å². The molecule has 3 nitrogen and oxygen atoms in total. The van der Waals surface area contributed by atoms with E-state index in [2.05, 4.69) is 17.1 Å².